The molecule has 0 unspecified atom stereocenters. The van der Waals surface area contributed by atoms with Gasteiger partial charge in [0.15, 0.2) is 0 Å². The number of nitrogens with zero attached hydrogens (tertiary/aromatic N) is 2. The maximum Gasteiger partial charge on any atom is 0.338 e. The largest absolute Gasteiger partial charge is 0.465 e. The number of carbonyl (C=O) groups is 1. The lowest BCUT2D eigenvalue weighted by Gasteiger charge is -2.33. The smallest absolute Gasteiger partial charge is 0.338 e. The zero-order chi connectivity index (χ0) is 38.2. The van der Waals surface area contributed by atoms with Gasteiger partial charge in [0.25, 0.3) is 0 Å². The average Bonchev–Trinajstić information content (AvgIpc) is 3.20. The Balaban J connectivity index is 0.000000153. The molecule has 0 amide bonds. The van der Waals surface area contributed by atoms with Crippen molar-refractivity contribution in [1.29, 1.82) is 0 Å². The Bertz CT molecular complexity index is 2790. The predicted octanol–water partition coefficient (Wildman–Crippen LogP) is 8.78. The van der Waals surface area contributed by atoms with E-state index in [0.717, 1.165) is 82.7 Å². The van der Waals surface area contributed by atoms with Crippen LogP contribution in [0.1, 0.15) is 53.7 Å². The highest BCUT2D eigenvalue weighted by Crippen LogP contribution is 2.42. The van der Waals surface area contributed by atoms with E-state index in [1.807, 2.05) is 24.3 Å². The van der Waals surface area contributed by atoms with E-state index in [9.17, 15) is 4.79 Å². The van der Waals surface area contributed by atoms with E-state index in [1.54, 1.807) is 0 Å². The van der Waals surface area contributed by atoms with Crippen LogP contribution in [-0.2, 0) is 11.2 Å². The highest BCUT2D eigenvalue weighted by molar-refractivity contribution is 6.08. The Kier molecular flexibility index (Phi) is 9.48. The number of anilines is 1. The van der Waals surface area contributed by atoms with Crippen LogP contribution in [0.15, 0.2) is 132 Å². The van der Waals surface area contributed by atoms with Crippen LogP contribution in [0.5, 0.6) is 11.5 Å². The van der Waals surface area contributed by atoms with Crippen molar-refractivity contribution in [3.63, 3.8) is 0 Å². The number of esters is 1. The normalized spacial score (nSPS) is 14.6. The lowest BCUT2D eigenvalue weighted by atomic mass is 9.90. The van der Waals surface area contributed by atoms with Gasteiger partial charge in [-0.05, 0) is 78.1 Å². The molecule has 0 bridgehead atoms. The van der Waals surface area contributed by atoms with Crippen LogP contribution in [-0.4, -0.2) is 39.3 Å². The minimum atomic E-state index is -0.336. The molecule has 2 saturated heterocycles. The van der Waals surface area contributed by atoms with E-state index in [2.05, 4.69) is 133 Å². The Morgan fingerprint density at radius 3 is 2.32 bits per heavy atom. The highest BCUT2D eigenvalue weighted by Gasteiger charge is 2.25. The number of aryl methyl sites for hydroxylation is 1. The zero-order valence-electron chi connectivity index (χ0n) is 32.2. The summed E-state index contributed by atoms with van der Waals surface area (Å²) in [5.41, 5.74) is 10.4. The fourth-order valence-electron chi connectivity index (χ4n) is 7.96. The minimum Gasteiger partial charge on any atom is -0.465 e. The third-order valence-electron chi connectivity index (χ3n) is 11.3. The van der Waals surface area contributed by atoms with E-state index in [4.69, 9.17) is 13.9 Å². The molecule has 5 aromatic rings. The van der Waals surface area contributed by atoms with E-state index in [1.165, 1.54) is 58.5 Å². The molecule has 0 spiro atoms. The van der Waals surface area contributed by atoms with Gasteiger partial charge in [-0.15, -0.1) is 0 Å². The highest BCUT2D eigenvalue weighted by atomic mass is 16.5. The molecule has 0 radical (unpaired) electrons. The number of ether oxygens (including phenoxy) is 2. The Labute approximate surface area is 327 Å². The van der Waals surface area contributed by atoms with Crippen molar-refractivity contribution < 1.29 is 18.7 Å². The molecule has 6 nitrogen and oxygen atoms in total. The van der Waals surface area contributed by atoms with Crippen molar-refractivity contribution in [3.05, 3.63) is 165 Å². The molecular formula is C50H45N2O4+. The first-order valence-corrected chi connectivity index (χ1v) is 19.7. The first kappa shape index (κ1) is 35.3. The van der Waals surface area contributed by atoms with Crippen molar-refractivity contribution in [3.8, 4) is 33.9 Å². The van der Waals surface area contributed by atoms with Gasteiger partial charge in [-0.1, -0.05) is 85.8 Å². The van der Waals surface area contributed by atoms with Crippen LogP contribution in [0.25, 0.3) is 45.1 Å². The van der Waals surface area contributed by atoms with Crippen molar-refractivity contribution in [2.24, 2.45) is 0 Å². The van der Waals surface area contributed by atoms with Crippen molar-refractivity contribution in [2.75, 3.05) is 38.2 Å². The number of fused-ring (bicyclic) bond motifs is 4. The molecule has 278 valence electrons. The summed E-state index contributed by atoms with van der Waals surface area (Å²) < 4.78 is 20.2. The maximum atomic E-state index is 12.6. The minimum absolute atomic E-state index is 0.336. The van der Waals surface area contributed by atoms with Gasteiger partial charge in [-0.3, -0.25) is 0 Å². The summed E-state index contributed by atoms with van der Waals surface area (Å²) in [6.07, 6.45) is 5.56. The van der Waals surface area contributed by atoms with Gasteiger partial charge in [0.2, 0.25) is 5.36 Å². The molecule has 4 heterocycles. The molecule has 10 rings (SSSR count). The molecule has 5 aliphatic rings. The Morgan fingerprint density at radius 2 is 1.59 bits per heavy atom. The second-order valence-electron chi connectivity index (χ2n) is 14.6. The molecule has 6 heteroatoms. The average molecular weight is 738 g/mol. The van der Waals surface area contributed by atoms with Gasteiger partial charge in [0, 0.05) is 63.8 Å². The van der Waals surface area contributed by atoms with Gasteiger partial charge in [0.05, 0.1) is 25.2 Å². The number of methoxy groups -OCH3 is 1. The molecule has 0 saturated carbocycles. The number of hydrogen-bond acceptors (Lipinski definition) is 5. The van der Waals surface area contributed by atoms with Crippen LogP contribution < -0.4 is 30.0 Å². The summed E-state index contributed by atoms with van der Waals surface area (Å²) in [6.45, 7) is 8.54. The molecular weight excluding hydrogens is 693 g/mol. The molecule has 1 aliphatic carbocycles. The van der Waals surface area contributed by atoms with E-state index in [-0.39, 0.29) is 5.97 Å². The third kappa shape index (κ3) is 6.45. The summed E-state index contributed by atoms with van der Waals surface area (Å²) in [7, 11) is 1.42. The molecule has 5 aromatic carbocycles. The monoisotopic (exact) mass is 737 g/mol. The van der Waals surface area contributed by atoms with Crippen LogP contribution >= 0.6 is 0 Å². The van der Waals surface area contributed by atoms with Gasteiger partial charge < -0.3 is 18.8 Å². The number of benzene rings is 6. The predicted molar refractivity (Wildman–Crippen MR) is 226 cm³/mol. The summed E-state index contributed by atoms with van der Waals surface area (Å²) >= 11 is 0. The van der Waals surface area contributed by atoms with Gasteiger partial charge in [-0.25, -0.2) is 9.37 Å². The molecule has 0 N–H and O–H groups in total. The van der Waals surface area contributed by atoms with Crippen LogP contribution in [0, 0.1) is 0 Å². The fraction of sp³-hybridized carbons (Fsp3) is 0.200. The van der Waals surface area contributed by atoms with Gasteiger partial charge in [-0.2, -0.15) is 0 Å². The first-order chi connectivity index (χ1) is 27.5. The molecule has 2 fully saturated rings. The van der Waals surface area contributed by atoms with Crippen LogP contribution in [0.3, 0.4) is 0 Å². The SMILES string of the molecule is C/C=c1\ccc2c(c1)Oc1cc(CC)ccc1C=2c1ccccc1.COC(=O)c1ccccc1-c1c2ccc(=[N+]3CCC3)cc-2oc2cc(N3CCC3)ccc12. The zero-order valence-corrected chi connectivity index (χ0v) is 32.2. The second kappa shape index (κ2) is 15.0. The number of hydrogen-bond donors (Lipinski definition) is 0. The number of carbonyl (C=O) groups excluding carboxylic acids is 1. The van der Waals surface area contributed by atoms with Crippen molar-refractivity contribution >= 4 is 34.3 Å². The van der Waals surface area contributed by atoms with E-state index < -0.39 is 0 Å². The lowest BCUT2D eigenvalue weighted by Crippen LogP contribution is -2.40. The van der Waals surface area contributed by atoms with E-state index >= 15 is 0 Å². The lowest BCUT2D eigenvalue weighted by molar-refractivity contribution is 0.0601. The van der Waals surface area contributed by atoms with Crippen molar-refractivity contribution in [1.82, 2.24) is 4.58 Å². The Morgan fingerprint density at radius 1 is 0.786 bits per heavy atom. The van der Waals surface area contributed by atoms with Crippen LogP contribution in [0.4, 0.5) is 5.69 Å². The topological polar surface area (TPSA) is 54.9 Å². The van der Waals surface area contributed by atoms with Crippen LogP contribution in [0.2, 0.25) is 0 Å². The van der Waals surface area contributed by atoms with Gasteiger partial charge in [0.1, 0.15) is 35.9 Å². The summed E-state index contributed by atoms with van der Waals surface area (Å²) in [6, 6.07) is 44.1. The molecule has 4 aliphatic heterocycles. The standard InChI is InChI=1S/C27H25N2O3.C23H20O/c1-31-27(30)21-7-3-2-6-20(21)26-22-10-8-18(28-12-4-13-28)16-24(22)32-25-17-19(9-11-23(25)26)29-14-5-15-29;1-3-16-10-12-19-21(14-16)24-22-15-17(4-2)11-13-20(22)23(19)18-8-6-5-7-9-18/h2-3,6-11,16-17H,4-5,12-15H2,1H3;3,5-15H,4H2,1-2H3/q+1;/b;16-3+. The molecule has 0 aromatic heterocycles. The Hall–Kier alpha value is -6.40. The number of rotatable bonds is 5. The summed E-state index contributed by atoms with van der Waals surface area (Å²) in [5.74, 6) is 2.38. The fourth-order valence-corrected chi connectivity index (χ4v) is 7.96. The maximum absolute atomic E-state index is 12.6. The molecule has 56 heavy (non-hydrogen) atoms. The van der Waals surface area contributed by atoms with Crippen molar-refractivity contribution in [2.45, 2.75) is 33.1 Å². The first-order valence-electron chi connectivity index (χ1n) is 19.7. The molecule has 0 atom stereocenters. The van der Waals surface area contributed by atoms with E-state index in [0.29, 0.717) is 5.56 Å². The van der Waals surface area contributed by atoms with Gasteiger partial charge >= 0.3 is 5.97 Å². The second-order valence-corrected chi connectivity index (χ2v) is 14.6. The third-order valence-corrected chi connectivity index (χ3v) is 11.3. The quantitative estimate of drug-likeness (QED) is 0.101. The summed E-state index contributed by atoms with van der Waals surface area (Å²) in [4.78, 5) is 15.0. The summed E-state index contributed by atoms with van der Waals surface area (Å²) in [5, 5.41) is 4.51.